The largest absolute Gasteiger partial charge is 0.497 e. The maximum atomic E-state index is 13.4. The third kappa shape index (κ3) is 3.92. The smallest absolute Gasteiger partial charge is 0.282 e. The second-order valence-corrected chi connectivity index (χ2v) is 7.76. The standard InChI is InChI=1S/C25H21ClN2O3/c1-15-7-10-19(13-16(15)2)27-23-22(17-8-11-21(31-3)12-9-17)24(29)28(25(23)30)20-6-4-5-18(26)14-20/h4-14,27H,1-3H3. The number of carbonyl (C=O) groups excluding carboxylic acids is 2. The fraction of sp³-hybridized carbons (Fsp3) is 0.120. The monoisotopic (exact) mass is 432 g/mol. The van der Waals surface area contributed by atoms with Crippen molar-refractivity contribution in [1.82, 2.24) is 0 Å². The van der Waals surface area contributed by atoms with Crippen LogP contribution >= 0.6 is 11.6 Å². The molecule has 1 N–H and O–H groups in total. The van der Waals surface area contributed by atoms with E-state index in [0.29, 0.717) is 27.6 Å². The number of benzene rings is 3. The van der Waals surface area contributed by atoms with Crippen LogP contribution in [0.25, 0.3) is 5.57 Å². The Hall–Kier alpha value is -3.57. The number of nitrogens with zero attached hydrogens (tertiary/aromatic N) is 1. The van der Waals surface area contributed by atoms with Crippen molar-refractivity contribution in [2.24, 2.45) is 0 Å². The minimum Gasteiger partial charge on any atom is -0.497 e. The van der Waals surface area contributed by atoms with Gasteiger partial charge >= 0.3 is 0 Å². The lowest BCUT2D eigenvalue weighted by Gasteiger charge is -2.16. The van der Waals surface area contributed by atoms with Crippen LogP contribution in [0.15, 0.2) is 72.4 Å². The SMILES string of the molecule is COc1ccc(C2=C(Nc3ccc(C)c(C)c3)C(=O)N(c3cccc(Cl)c3)C2=O)cc1. The van der Waals surface area contributed by atoms with Crippen molar-refractivity contribution in [3.63, 3.8) is 0 Å². The molecule has 0 saturated carbocycles. The molecule has 156 valence electrons. The maximum Gasteiger partial charge on any atom is 0.282 e. The van der Waals surface area contributed by atoms with Gasteiger partial charge in [-0.3, -0.25) is 9.59 Å². The van der Waals surface area contributed by atoms with Crippen LogP contribution < -0.4 is 15.0 Å². The Labute approximate surface area is 185 Å². The summed E-state index contributed by atoms with van der Waals surface area (Å²) in [5, 5.41) is 3.63. The van der Waals surface area contributed by atoms with E-state index in [1.807, 2.05) is 32.0 Å². The Morgan fingerprint density at radius 2 is 1.61 bits per heavy atom. The van der Waals surface area contributed by atoms with E-state index in [1.54, 1.807) is 55.6 Å². The normalized spacial score (nSPS) is 13.7. The van der Waals surface area contributed by atoms with Crippen LogP contribution in [0, 0.1) is 13.8 Å². The van der Waals surface area contributed by atoms with Crippen molar-refractivity contribution in [3.8, 4) is 5.75 Å². The number of hydrogen-bond donors (Lipinski definition) is 1. The van der Waals surface area contributed by atoms with Gasteiger partial charge in [0.2, 0.25) is 0 Å². The fourth-order valence-electron chi connectivity index (χ4n) is 3.48. The highest BCUT2D eigenvalue weighted by Gasteiger charge is 2.40. The summed E-state index contributed by atoms with van der Waals surface area (Å²) in [5.74, 6) is -0.184. The maximum absolute atomic E-state index is 13.4. The molecule has 0 unspecified atom stereocenters. The number of rotatable bonds is 5. The topological polar surface area (TPSA) is 58.6 Å². The number of hydrogen-bond acceptors (Lipinski definition) is 4. The van der Waals surface area contributed by atoms with Gasteiger partial charge in [-0.15, -0.1) is 0 Å². The predicted octanol–water partition coefficient (Wildman–Crippen LogP) is 5.36. The van der Waals surface area contributed by atoms with Crippen molar-refractivity contribution >= 4 is 40.4 Å². The zero-order valence-electron chi connectivity index (χ0n) is 17.4. The number of imide groups is 1. The molecule has 1 aliphatic rings. The summed E-state index contributed by atoms with van der Waals surface area (Å²) in [6, 6.07) is 19.6. The first kappa shape index (κ1) is 20.7. The molecule has 6 heteroatoms. The predicted molar refractivity (Wildman–Crippen MR) is 123 cm³/mol. The molecule has 1 heterocycles. The number of anilines is 2. The lowest BCUT2D eigenvalue weighted by atomic mass is 10.0. The van der Waals surface area contributed by atoms with Gasteiger partial charge in [0.1, 0.15) is 11.4 Å². The lowest BCUT2D eigenvalue weighted by Crippen LogP contribution is -2.32. The van der Waals surface area contributed by atoms with Gasteiger partial charge in [0, 0.05) is 10.7 Å². The summed E-state index contributed by atoms with van der Waals surface area (Å²) in [4.78, 5) is 28.0. The van der Waals surface area contributed by atoms with Crippen LogP contribution in [0.2, 0.25) is 5.02 Å². The molecule has 3 aromatic rings. The molecule has 1 aliphatic heterocycles. The van der Waals surface area contributed by atoms with Gasteiger partial charge in [-0.05, 0) is 73.0 Å². The number of amides is 2. The van der Waals surface area contributed by atoms with E-state index in [0.717, 1.165) is 21.7 Å². The van der Waals surface area contributed by atoms with Crippen LogP contribution in [0.3, 0.4) is 0 Å². The molecule has 0 aromatic heterocycles. The molecule has 3 aromatic carbocycles. The molecule has 0 saturated heterocycles. The van der Waals surface area contributed by atoms with E-state index in [2.05, 4.69) is 5.32 Å². The first-order valence-corrected chi connectivity index (χ1v) is 10.1. The highest BCUT2D eigenvalue weighted by molar-refractivity contribution is 6.46. The first-order valence-electron chi connectivity index (χ1n) is 9.76. The van der Waals surface area contributed by atoms with E-state index in [9.17, 15) is 9.59 Å². The second-order valence-electron chi connectivity index (χ2n) is 7.33. The first-order chi connectivity index (χ1) is 14.9. The molecule has 4 rings (SSSR count). The number of methoxy groups -OCH3 is 1. The van der Waals surface area contributed by atoms with Crippen LogP contribution in [0.5, 0.6) is 5.75 Å². The number of carbonyl (C=O) groups is 2. The quantitative estimate of drug-likeness (QED) is 0.551. The van der Waals surface area contributed by atoms with Gasteiger partial charge in [0.05, 0.1) is 18.4 Å². The summed E-state index contributed by atoms with van der Waals surface area (Å²) in [5.41, 5.74) is 4.52. The molecule has 0 atom stereocenters. The summed E-state index contributed by atoms with van der Waals surface area (Å²) >= 11 is 6.11. The van der Waals surface area contributed by atoms with E-state index in [-0.39, 0.29) is 5.70 Å². The minimum atomic E-state index is -0.434. The molecule has 0 fully saturated rings. The highest BCUT2D eigenvalue weighted by atomic mass is 35.5. The average molecular weight is 433 g/mol. The summed E-state index contributed by atoms with van der Waals surface area (Å²) in [7, 11) is 1.58. The van der Waals surface area contributed by atoms with Crippen molar-refractivity contribution in [3.05, 3.63) is 94.1 Å². The van der Waals surface area contributed by atoms with E-state index in [4.69, 9.17) is 16.3 Å². The van der Waals surface area contributed by atoms with Crippen LogP contribution in [0.1, 0.15) is 16.7 Å². The van der Waals surface area contributed by atoms with E-state index >= 15 is 0 Å². The number of aryl methyl sites for hydroxylation is 2. The molecular formula is C25H21ClN2O3. The third-order valence-corrected chi connectivity index (χ3v) is 5.54. The Kier molecular flexibility index (Phi) is 5.53. The fourth-order valence-corrected chi connectivity index (χ4v) is 3.67. The van der Waals surface area contributed by atoms with Gasteiger partial charge in [-0.2, -0.15) is 0 Å². The number of ether oxygens (including phenoxy) is 1. The third-order valence-electron chi connectivity index (χ3n) is 5.31. The van der Waals surface area contributed by atoms with Crippen molar-refractivity contribution < 1.29 is 14.3 Å². The molecule has 0 radical (unpaired) electrons. The number of halogens is 1. The molecule has 31 heavy (non-hydrogen) atoms. The van der Waals surface area contributed by atoms with Gasteiger partial charge in [-0.25, -0.2) is 4.90 Å². The molecule has 2 amide bonds. The van der Waals surface area contributed by atoms with E-state index in [1.165, 1.54) is 0 Å². The zero-order chi connectivity index (χ0) is 22.1. The van der Waals surface area contributed by atoms with Crippen LogP contribution in [0.4, 0.5) is 11.4 Å². The van der Waals surface area contributed by atoms with Gasteiger partial charge < -0.3 is 10.1 Å². The van der Waals surface area contributed by atoms with Crippen molar-refractivity contribution in [1.29, 1.82) is 0 Å². The molecular weight excluding hydrogens is 412 g/mol. The minimum absolute atomic E-state index is 0.221. The van der Waals surface area contributed by atoms with Crippen molar-refractivity contribution in [2.75, 3.05) is 17.3 Å². The van der Waals surface area contributed by atoms with Gasteiger partial charge in [-0.1, -0.05) is 35.9 Å². The van der Waals surface area contributed by atoms with E-state index < -0.39 is 11.8 Å². The van der Waals surface area contributed by atoms with Crippen LogP contribution in [-0.4, -0.2) is 18.9 Å². The molecule has 0 aliphatic carbocycles. The summed E-state index contributed by atoms with van der Waals surface area (Å²) in [6.45, 7) is 4.02. The van der Waals surface area contributed by atoms with Crippen molar-refractivity contribution in [2.45, 2.75) is 13.8 Å². The van der Waals surface area contributed by atoms with Crippen LogP contribution in [-0.2, 0) is 9.59 Å². The Morgan fingerprint density at radius 3 is 2.26 bits per heavy atom. The zero-order valence-corrected chi connectivity index (χ0v) is 18.2. The Bertz CT molecular complexity index is 1220. The summed E-state index contributed by atoms with van der Waals surface area (Å²) < 4.78 is 5.22. The second kappa shape index (κ2) is 8.28. The highest BCUT2D eigenvalue weighted by Crippen LogP contribution is 2.35. The molecule has 0 spiro atoms. The molecule has 0 bridgehead atoms. The summed E-state index contributed by atoms with van der Waals surface area (Å²) in [6.07, 6.45) is 0. The Balaban J connectivity index is 1.82. The average Bonchev–Trinajstić information content (AvgIpc) is 3.00. The Morgan fingerprint density at radius 1 is 0.871 bits per heavy atom. The lowest BCUT2D eigenvalue weighted by molar-refractivity contribution is -0.120. The van der Waals surface area contributed by atoms with Gasteiger partial charge in [0.15, 0.2) is 0 Å². The number of nitrogens with one attached hydrogen (secondary N) is 1. The molecule has 5 nitrogen and oxygen atoms in total. The van der Waals surface area contributed by atoms with Gasteiger partial charge in [0.25, 0.3) is 11.8 Å².